The number of aliphatic carboxylic acids is 2. The van der Waals surface area contributed by atoms with E-state index in [-0.39, 0.29) is 12.0 Å². The van der Waals surface area contributed by atoms with Crippen molar-refractivity contribution in [2.75, 3.05) is 54.6 Å². The average molecular weight is 526 g/mol. The Morgan fingerprint density at radius 1 is 1.03 bits per heavy atom. The lowest BCUT2D eigenvalue weighted by Crippen LogP contribution is -2.47. The van der Waals surface area contributed by atoms with E-state index in [1.54, 1.807) is 26.4 Å². The predicted octanol–water partition coefficient (Wildman–Crippen LogP) is 2.03. The van der Waals surface area contributed by atoms with E-state index in [4.69, 9.17) is 39.7 Å². The van der Waals surface area contributed by atoms with Gasteiger partial charge in [0.15, 0.2) is 11.5 Å². The van der Waals surface area contributed by atoms with E-state index >= 15 is 0 Å². The third-order valence-corrected chi connectivity index (χ3v) is 6.35. The van der Waals surface area contributed by atoms with Gasteiger partial charge >= 0.3 is 0 Å². The number of nitrogens with zero attached hydrogens (tertiary/aromatic N) is 2. The number of likely N-dealkylation sites (tertiary alicyclic amines) is 1. The molecule has 11 nitrogen and oxygen atoms in total. The average Bonchev–Trinajstić information content (AvgIpc) is 3.25. The minimum Gasteiger partial charge on any atom is -0.493 e. The van der Waals surface area contributed by atoms with Crippen molar-refractivity contribution >= 4 is 17.8 Å². The molecule has 2 aliphatic rings. The van der Waals surface area contributed by atoms with Gasteiger partial charge in [-0.3, -0.25) is 14.4 Å². The first kappa shape index (κ1) is 32.1. The van der Waals surface area contributed by atoms with Crippen LogP contribution >= 0.6 is 0 Å². The maximum absolute atomic E-state index is 13.2. The number of nitrogens with two attached hydrogens (primary N) is 1. The van der Waals surface area contributed by atoms with E-state index in [1.807, 2.05) is 11.0 Å². The zero-order chi connectivity index (χ0) is 28.1. The highest BCUT2D eigenvalue weighted by molar-refractivity contribution is 5.95. The minimum atomic E-state index is -0.833. The van der Waals surface area contributed by atoms with Gasteiger partial charge in [0.2, 0.25) is 0 Å². The fourth-order valence-electron chi connectivity index (χ4n) is 4.72. The van der Waals surface area contributed by atoms with E-state index in [0.717, 1.165) is 46.2 Å². The molecule has 3 rings (SSSR count). The number of carboxylic acids is 2. The summed E-state index contributed by atoms with van der Waals surface area (Å²) in [6.45, 7) is 4.83. The van der Waals surface area contributed by atoms with E-state index in [2.05, 4.69) is 19.0 Å². The first-order valence-corrected chi connectivity index (χ1v) is 12.3. The van der Waals surface area contributed by atoms with Gasteiger partial charge in [0.05, 0.1) is 19.8 Å². The van der Waals surface area contributed by atoms with Crippen LogP contribution in [0.5, 0.6) is 11.5 Å². The van der Waals surface area contributed by atoms with Crippen LogP contribution < -0.4 is 15.2 Å². The van der Waals surface area contributed by atoms with Crippen LogP contribution in [0.2, 0.25) is 0 Å². The lowest BCUT2D eigenvalue weighted by molar-refractivity contribution is -0.135. The van der Waals surface area contributed by atoms with Gasteiger partial charge in [0.25, 0.3) is 17.8 Å². The number of carbonyl (C=O) groups excluding carboxylic acids is 1. The Kier molecular flexibility index (Phi) is 13.9. The molecule has 1 aliphatic heterocycles. The normalized spacial score (nSPS) is 22.1. The molecule has 4 N–H and O–H groups in total. The molecule has 0 radical (unpaired) electrons. The molecule has 1 aromatic carbocycles. The Labute approximate surface area is 219 Å². The summed E-state index contributed by atoms with van der Waals surface area (Å²) in [4.78, 5) is 35.5. The monoisotopic (exact) mass is 525 g/mol. The number of rotatable bonds is 8. The van der Waals surface area contributed by atoms with Crippen molar-refractivity contribution in [3.8, 4) is 11.5 Å². The molecule has 1 heterocycles. The summed E-state index contributed by atoms with van der Waals surface area (Å²) in [6.07, 6.45) is 3.05. The number of carboxylic acid groups (broad SMARTS) is 2. The van der Waals surface area contributed by atoms with Gasteiger partial charge in [-0.2, -0.15) is 0 Å². The fourth-order valence-corrected chi connectivity index (χ4v) is 4.72. The summed E-state index contributed by atoms with van der Waals surface area (Å²) in [6, 6.07) is 5.82. The smallest absolute Gasteiger partial charge is 0.300 e. The lowest BCUT2D eigenvalue weighted by atomic mass is 9.77. The number of ether oxygens (including phenoxy) is 3. The van der Waals surface area contributed by atoms with Crippen LogP contribution in [0.3, 0.4) is 0 Å². The number of hydrogen-bond acceptors (Lipinski definition) is 8. The van der Waals surface area contributed by atoms with E-state index in [9.17, 15) is 4.79 Å². The van der Waals surface area contributed by atoms with Crippen molar-refractivity contribution in [3.05, 3.63) is 23.8 Å². The number of carbonyl (C=O) groups is 3. The highest BCUT2D eigenvalue weighted by Crippen LogP contribution is 2.39. The standard InChI is InChI=1S/C22H35N3O4.2C2H4O2/c1-24(2)18-10-16-13-25(14-17(16)12-20(18)28-4)22(26)15-6-7-19(27-3)21(11-15)29-9-5-8-23;2*1-2(3)4/h6-7,11,16-18,20H,5,8-10,12-14,23H2,1-4H3;2*1H3,(H,3,4)/t16-,17+,18-,20-;;/m1../s1. The molecular weight excluding hydrogens is 482 g/mol. The van der Waals surface area contributed by atoms with Crippen LogP contribution in [0.1, 0.15) is 43.5 Å². The zero-order valence-corrected chi connectivity index (χ0v) is 22.8. The molecule has 11 heteroatoms. The molecule has 1 saturated heterocycles. The Balaban J connectivity index is 0.000000751. The summed E-state index contributed by atoms with van der Waals surface area (Å²) in [7, 11) is 7.62. The molecule has 0 unspecified atom stereocenters. The van der Waals surface area contributed by atoms with Crippen LogP contribution in [-0.2, 0) is 14.3 Å². The van der Waals surface area contributed by atoms with Gasteiger partial charge in [-0.25, -0.2) is 0 Å². The maximum atomic E-state index is 13.2. The van der Waals surface area contributed by atoms with E-state index in [1.165, 1.54) is 0 Å². The molecule has 37 heavy (non-hydrogen) atoms. The number of benzene rings is 1. The highest BCUT2D eigenvalue weighted by Gasteiger charge is 2.44. The molecule has 0 bridgehead atoms. The molecule has 0 aromatic heterocycles. The lowest BCUT2D eigenvalue weighted by Gasteiger charge is -2.40. The van der Waals surface area contributed by atoms with Crippen LogP contribution in [0.4, 0.5) is 0 Å². The molecule has 2 fully saturated rings. The number of fused-ring (bicyclic) bond motifs is 1. The quantitative estimate of drug-likeness (QED) is 0.430. The van der Waals surface area contributed by atoms with Crippen molar-refractivity contribution in [2.24, 2.45) is 17.6 Å². The van der Waals surface area contributed by atoms with Crippen molar-refractivity contribution in [1.29, 1.82) is 0 Å². The zero-order valence-electron chi connectivity index (χ0n) is 22.8. The van der Waals surface area contributed by atoms with Crippen LogP contribution in [0.15, 0.2) is 18.2 Å². The molecule has 4 atom stereocenters. The molecule has 1 amide bonds. The SMILES string of the molecule is CC(=O)O.CC(=O)O.COc1ccc(C(=O)N2C[C@H]3C[C@@H](N(C)C)[C@H](OC)C[C@H]3C2)cc1OCCCN. The largest absolute Gasteiger partial charge is 0.493 e. The second-order valence-corrected chi connectivity index (χ2v) is 9.40. The van der Waals surface area contributed by atoms with Crippen LogP contribution in [0, 0.1) is 11.8 Å². The van der Waals surface area contributed by atoms with Gasteiger partial charge in [-0.1, -0.05) is 0 Å². The number of hydrogen-bond donors (Lipinski definition) is 3. The van der Waals surface area contributed by atoms with Gasteiger partial charge < -0.3 is 40.0 Å². The molecule has 0 spiro atoms. The Bertz CT molecular complexity index is 859. The third kappa shape index (κ3) is 10.6. The van der Waals surface area contributed by atoms with E-state index < -0.39 is 11.9 Å². The number of likely N-dealkylation sites (N-methyl/N-ethyl adjacent to an activating group) is 1. The fraction of sp³-hybridized carbons (Fsp3) is 0.654. The Morgan fingerprint density at radius 2 is 1.59 bits per heavy atom. The van der Waals surface area contributed by atoms with Crippen LogP contribution in [-0.4, -0.2) is 105 Å². The summed E-state index contributed by atoms with van der Waals surface area (Å²) in [5, 5.41) is 14.8. The second-order valence-electron chi connectivity index (χ2n) is 9.40. The molecule has 1 saturated carbocycles. The topological polar surface area (TPSA) is 152 Å². The molecular formula is C26H43N3O8. The van der Waals surface area contributed by atoms with E-state index in [0.29, 0.717) is 48.1 Å². The highest BCUT2D eigenvalue weighted by atomic mass is 16.5. The number of amides is 1. The Hall–Kier alpha value is -2.89. The van der Waals surface area contributed by atoms with Gasteiger partial charge in [-0.05, 0) is 69.9 Å². The third-order valence-electron chi connectivity index (χ3n) is 6.35. The molecule has 1 aliphatic carbocycles. The first-order valence-electron chi connectivity index (χ1n) is 12.3. The second kappa shape index (κ2) is 16.1. The predicted molar refractivity (Wildman–Crippen MR) is 139 cm³/mol. The van der Waals surface area contributed by atoms with Gasteiger partial charge in [0, 0.05) is 45.7 Å². The van der Waals surface area contributed by atoms with Crippen molar-refractivity contribution in [2.45, 2.75) is 45.3 Å². The van der Waals surface area contributed by atoms with Crippen molar-refractivity contribution in [1.82, 2.24) is 9.80 Å². The Morgan fingerprint density at radius 3 is 2.08 bits per heavy atom. The summed E-state index contributed by atoms with van der Waals surface area (Å²) in [5.74, 6) is 0.636. The van der Waals surface area contributed by atoms with Crippen LogP contribution in [0.25, 0.3) is 0 Å². The minimum absolute atomic E-state index is 0.0566. The molecule has 1 aromatic rings. The van der Waals surface area contributed by atoms with Crippen molar-refractivity contribution in [3.63, 3.8) is 0 Å². The summed E-state index contributed by atoms with van der Waals surface area (Å²) >= 11 is 0. The van der Waals surface area contributed by atoms with Gasteiger partial charge in [-0.15, -0.1) is 0 Å². The van der Waals surface area contributed by atoms with Gasteiger partial charge in [0.1, 0.15) is 0 Å². The summed E-state index contributed by atoms with van der Waals surface area (Å²) in [5.41, 5.74) is 6.18. The maximum Gasteiger partial charge on any atom is 0.300 e. The van der Waals surface area contributed by atoms with Crippen molar-refractivity contribution < 1.29 is 38.8 Å². The first-order chi connectivity index (χ1) is 17.4. The number of methoxy groups -OCH3 is 2. The summed E-state index contributed by atoms with van der Waals surface area (Å²) < 4.78 is 16.9. The molecule has 210 valence electrons.